The molecule has 25 heavy (non-hydrogen) atoms. The molecule has 0 aromatic heterocycles. The Labute approximate surface area is 149 Å². The van der Waals surface area contributed by atoms with Crippen LogP contribution in [0, 0.1) is 5.92 Å². The van der Waals surface area contributed by atoms with E-state index >= 15 is 0 Å². The molecule has 1 amide bonds. The molecule has 2 atom stereocenters. The van der Waals surface area contributed by atoms with Crippen LogP contribution in [-0.4, -0.2) is 55.8 Å². The molecular weight excluding hydrogens is 316 g/mol. The maximum atomic E-state index is 12.6. The maximum Gasteiger partial charge on any atom is 0.255 e. The average molecular weight is 344 g/mol. The van der Waals surface area contributed by atoms with Crippen LogP contribution in [0.4, 0.5) is 0 Å². The first-order chi connectivity index (χ1) is 12.3. The summed E-state index contributed by atoms with van der Waals surface area (Å²) in [6.07, 6.45) is 6.18. The van der Waals surface area contributed by atoms with Crippen LogP contribution in [0.2, 0.25) is 0 Å². The van der Waals surface area contributed by atoms with Crippen molar-refractivity contribution < 1.29 is 14.3 Å². The number of hydrogen-bond donors (Lipinski definition) is 1. The number of rotatable bonds is 7. The van der Waals surface area contributed by atoms with Crippen molar-refractivity contribution in [1.29, 1.82) is 0 Å². The predicted molar refractivity (Wildman–Crippen MR) is 95.9 cm³/mol. The van der Waals surface area contributed by atoms with E-state index in [2.05, 4.69) is 10.2 Å². The number of para-hydroxylation sites is 1. The molecule has 136 valence electrons. The normalized spacial score (nSPS) is 26.7. The Kier molecular flexibility index (Phi) is 5.22. The molecule has 0 unspecified atom stereocenters. The monoisotopic (exact) mass is 344 g/mol. The van der Waals surface area contributed by atoms with Gasteiger partial charge in [-0.15, -0.1) is 0 Å². The number of nitrogens with one attached hydrogen (secondary N) is 1. The average Bonchev–Trinajstić information content (AvgIpc) is 3.16. The molecule has 1 N–H and O–H groups in total. The molecule has 2 aliphatic heterocycles. The molecule has 1 saturated carbocycles. The van der Waals surface area contributed by atoms with Crippen molar-refractivity contribution in [2.24, 2.45) is 5.92 Å². The fourth-order valence-electron chi connectivity index (χ4n) is 3.87. The first kappa shape index (κ1) is 16.9. The van der Waals surface area contributed by atoms with E-state index in [1.165, 1.54) is 25.8 Å². The molecule has 0 bridgehead atoms. The molecular formula is C20H28N2O3. The summed E-state index contributed by atoms with van der Waals surface area (Å²) in [5, 5.41) is 3.11. The van der Waals surface area contributed by atoms with E-state index in [0.29, 0.717) is 23.8 Å². The highest BCUT2D eigenvalue weighted by atomic mass is 16.5. The van der Waals surface area contributed by atoms with Gasteiger partial charge < -0.3 is 19.7 Å². The van der Waals surface area contributed by atoms with E-state index in [4.69, 9.17) is 9.47 Å². The summed E-state index contributed by atoms with van der Waals surface area (Å²) in [5.74, 6) is 1.19. The number of carbonyl (C=O) groups excluding carboxylic acids is 1. The summed E-state index contributed by atoms with van der Waals surface area (Å²) < 4.78 is 11.5. The Bertz CT molecular complexity index is 596. The summed E-state index contributed by atoms with van der Waals surface area (Å²) in [7, 11) is 0. The molecule has 3 fully saturated rings. The van der Waals surface area contributed by atoms with E-state index in [0.717, 1.165) is 38.6 Å². The van der Waals surface area contributed by atoms with Gasteiger partial charge in [-0.2, -0.15) is 0 Å². The SMILES string of the molecule is O=C(NC[C@@H]1CCN(C2CC2)C1)c1ccccc1OC[C@H]1CCCO1. The van der Waals surface area contributed by atoms with Gasteiger partial charge in [0.05, 0.1) is 11.7 Å². The Morgan fingerprint density at radius 2 is 2.12 bits per heavy atom. The van der Waals surface area contributed by atoms with Crippen molar-refractivity contribution in [3.63, 3.8) is 0 Å². The van der Waals surface area contributed by atoms with E-state index in [1.807, 2.05) is 24.3 Å². The Balaban J connectivity index is 1.28. The van der Waals surface area contributed by atoms with Crippen molar-refractivity contribution in [3.8, 4) is 5.75 Å². The van der Waals surface area contributed by atoms with Gasteiger partial charge in [0, 0.05) is 25.7 Å². The van der Waals surface area contributed by atoms with Gasteiger partial charge in [0.25, 0.3) is 5.91 Å². The van der Waals surface area contributed by atoms with E-state index in [-0.39, 0.29) is 12.0 Å². The maximum absolute atomic E-state index is 12.6. The number of carbonyl (C=O) groups is 1. The molecule has 5 nitrogen and oxygen atoms in total. The highest BCUT2D eigenvalue weighted by Gasteiger charge is 2.34. The number of likely N-dealkylation sites (tertiary alicyclic amines) is 1. The topological polar surface area (TPSA) is 50.8 Å². The van der Waals surface area contributed by atoms with Crippen molar-refractivity contribution in [2.75, 3.05) is 32.8 Å². The van der Waals surface area contributed by atoms with Crippen LogP contribution in [0.1, 0.15) is 42.5 Å². The second-order valence-corrected chi connectivity index (χ2v) is 7.53. The molecule has 0 radical (unpaired) electrons. The minimum atomic E-state index is -0.0344. The highest BCUT2D eigenvalue weighted by molar-refractivity contribution is 5.96. The van der Waals surface area contributed by atoms with E-state index in [1.54, 1.807) is 0 Å². The van der Waals surface area contributed by atoms with Crippen LogP contribution in [0.25, 0.3) is 0 Å². The van der Waals surface area contributed by atoms with Gasteiger partial charge in [-0.25, -0.2) is 0 Å². The summed E-state index contributed by atoms with van der Waals surface area (Å²) in [6, 6.07) is 8.33. The lowest BCUT2D eigenvalue weighted by Gasteiger charge is -2.16. The number of amides is 1. The van der Waals surface area contributed by atoms with Gasteiger partial charge in [0.2, 0.25) is 0 Å². The van der Waals surface area contributed by atoms with Gasteiger partial charge in [-0.3, -0.25) is 4.79 Å². The second-order valence-electron chi connectivity index (χ2n) is 7.53. The molecule has 2 saturated heterocycles. The molecule has 3 aliphatic rings. The number of benzene rings is 1. The minimum absolute atomic E-state index is 0.0344. The van der Waals surface area contributed by atoms with E-state index < -0.39 is 0 Å². The van der Waals surface area contributed by atoms with Crippen LogP contribution in [-0.2, 0) is 4.74 Å². The van der Waals surface area contributed by atoms with Crippen molar-refractivity contribution in [2.45, 2.75) is 44.2 Å². The van der Waals surface area contributed by atoms with Crippen molar-refractivity contribution in [1.82, 2.24) is 10.2 Å². The van der Waals surface area contributed by atoms with Crippen LogP contribution >= 0.6 is 0 Å². The molecule has 1 aromatic carbocycles. The van der Waals surface area contributed by atoms with Crippen molar-refractivity contribution >= 4 is 5.91 Å². The number of nitrogens with zero attached hydrogens (tertiary/aromatic N) is 1. The third kappa shape index (κ3) is 4.33. The smallest absolute Gasteiger partial charge is 0.255 e. The Morgan fingerprint density at radius 3 is 2.92 bits per heavy atom. The Hall–Kier alpha value is -1.59. The van der Waals surface area contributed by atoms with Crippen LogP contribution in [0.5, 0.6) is 5.75 Å². The fourth-order valence-corrected chi connectivity index (χ4v) is 3.87. The van der Waals surface area contributed by atoms with Gasteiger partial charge in [0.15, 0.2) is 0 Å². The Morgan fingerprint density at radius 1 is 1.24 bits per heavy atom. The molecule has 0 spiro atoms. The van der Waals surface area contributed by atoms with E-state index in [9.17, 15) is 4.79 Å². The minimum Gasteiger partial charge on any atom is -0.490 e. The number of hydrogen-bond acceptors (Lipinski definition) is 4. The van der Waals surface area contributed by atoms with Crippen LogP contribution < -0.4 is 10.1 Å². The third-order valence-corrected chi connectivity index (χ3v) is 5.51. The summed E-state index contributed by atoms with van der Waals surface area (Å²) in [4.78, 5) is 15.2. The lowest BCUT2D eigenvalue weighted by Crippen LogP contribution is -2.31. The largest absolute Gasteiger partial charge is 0.490 e. The van der Waals surface area contributed by atoms with Crippen LogP contribution in [0.3, 0.4) is 0 Å². The molecule has 1 aliphatic carbocycles. The first-order valence-electron chi connectivity index (χ1n) is 9.65. The van der Waals surface area contributed by atoms with Gasteiger partial charge in [0.1, 0.15) is 12.4 Å². The van der Waals surface area contributed by atoms with Crippen LogP contribution in [0.15, 0.2) is 24.3 Å². The summed E-state index contributed by atoms with van der Waals surface area (Å²) in [6.45, 7) is 4.40. The predicted octanol–water partition coefficient (Wildman–Crippen LogP) is 2.46. The lowest BCUT2D eigenvalue weighted by atomic mass is 10.1. The lowest BCUT2D eigenvalue weighted by molar-refractivity contribution is 0.0670. The quantitative estimate of drug-likeness (QED) is 0.825. The summed E-state index contributed by atoms with van der Waals surface area (Å²) in [5.41, 5.74) is 0.623. The zero-order valence-corrected chi connectivity index (χ0v) is 14.8. The molecule has 1 aromatic rings. The summed E-state index contributed by atoms with van der Waals surface area (Å²) >= 11 is 0. The second kappa shape index (κ2) is 7.75. The number of ether oxygens (including phenoxy) is 2. The van der Waals surface area contributed by atoms with Gasteiger partial charge in [-0.05, 0) is 56.7 Å². The molecule has 2 heterocycles. The van der Waals surface area contributed by atoms with Gasteiger partial charge >= 0.3 is 0 Å². The highest BCUT2D eigenvalue weighted by Crippen LogP contribution is 2.31. The first-order valence-corrected chi connectivity index (χ1v) is 9.65. The zero-order chi connectivity index (χ0) is 17.1. The third-order valence-electron chi connectivity index (χ3n) is 5.51. The van der Waals surface area contributed by atoms with Gasteiger partial charge in [-0.1, -0.05) is 12.1 Å². The molecule has 4 rings (SSSR count). The zero-order valence-electron chi connectivity index (χ0n) is 14.8. The molecule has 5 heteroatoms. The van der Waals surface area contributed by atoms with Crippen molar-refractivity contribution in [3.05, 3.63) is 29.8 Å². The fraction of sp³-hybridized carbons (Fsp3) is 0.650. The standard InChI is InChI=1S/C20H28N2O3/c23-20(21-12-15-9-10-22(13-15)16-7-8-16)18-5-1-2-6-19(18)25-14-17-4-3-11-24-17/h1-2,5-6,15-17H,3-4,7-14H2,(H,21,23)/t15-,17+/m0/s1.